The highest BCUT2D eigenvalue weighted by atomic mass is 32.2. The molecule has 44 heavy (non-hydrogen) atoms. The van der Waals surface area contributed by atoms with Crippen molar-refractivity contribution in [1.82, 2.24) is 0 Å². The van der Waals surface area contributed by atoms with E-state index in [0.29, 0.717) is 5.75 Å². The molecule has 0 aromatic heterocycles. The summed E-state index contributed by atoms with van der Waals surface area (Å²) in [5.74, 6) is 0.338. The van der Waals surface area contributed by atoms with Crippen molar-refractivity contribution in [2.75, 3.05) is 43.7 Å². The van der Waals surface area contributed by atoms with Gasteiger partial charge in [-0.05, 0) is 118 Å². The van der Waals surface area contributed by atoms with Crippen LogP contribution in [0, 0.1) is 10.8 Å². The third-order valence-corrected chi connectivity index (χ3v) is 11.8. The van der Waals surface area contributed by atoms with Crippen LogP contribution in [0.25, 0.3) is 33.0 Å². The van der Waals surface area contributed by atoms with E-state index in [2.05, 4.69) is 93.4 Å². The van der Waals surface area contributed by atoms with Gasteiger partial charge in [-0.2, -0.15) is 0 Å². The van der Waals surface area contributed by atoms with Gasteiger partial charge in [-0.1, -0.05) is 45.9 Å². The van der Waals surface area contributed by atoms with Crippen molar-refractivity contribution in [3.8, 4) is 28.0 Å². The van der Waals surface area contributed by atoms with Gasteiger partial charge >= 0.3 is 0 Å². The summed E-state index contributed by atoms with van der Waals surface area (Å²) in [6, 6.07) is 21.8. The number of rotatable bonds is 4. The van der Waals surface area contributed by atoms with Crippen molar-refractivity contribution in [1.29, 1.82) is 0 Å². The molecule has 1 saturated heterocycles. The maximum absolute atomic E-state index is 12.7. The number of morpholine rings is 1. The molecule has 4 aromatic carbocycles. The van der Waals surface area contributed by atoms with E-state index in [1.807, 2.05) is 6.07 Å². The summed E-state index contributed by atoms with van der Waals surface area (Å²) in [5, 5.41) is 13.8. The number of hydrogen-bond donors (Lipinski definition) is 1. The third kappa shape index (κ3) is 4.89. The van der Waals surface area contributed by atoms with Crippen LogP contribution in [0.1, 0.15) is 58.1 Å². The second-order valence-corrected chi connectivity index (χ2v) is 16.9. The molecule has 1 atom stereocenters. The Morgan fingerprint density at radius 1 is 0.818 bits per heavy atom. The normalized spacial score (nSPS) is 20.5. The summed E-state index contributed by atoms with van der Waals surface area (Å²) in [7, 11) is -1.07. The van der Waals surface area contributed by atoms with Gasteiger partial charge in [0.2, 0.25) is 0 Å². The number of ether oxygens (including phenoxy) is 1. The van der Waals surface area contributed by atoms with Crippen molar-refractivity contribution in [3.05, 3.63) is 71.8 Å². The summed E-state index contributed by atoms with van der Waals surface area (Å²) < 4.78 is 18.3. The fourth-order valence-corrected chi connectivity index (χ4v) is 10.3. The molecule has 2 aliphatic carbocycles. The first kappa shape index (κ1) is 29.9. The molecular formula is C38H43NO3S2. The highest BCUT2D eigenvalue weighted by molar-refractivity contribution is 7.98. The van der Waals surface area contributed by atoms with E-state index < -0.39 is 10.8 Å². The molecule has 230 valence electrons. The fraction of sp³-hybridized carbons (Fsp3) is 0.421. The smallest absolute Gasteiger partial charge is 0.123 e. The lowest BCUT2D eigenvalue weighted by atomic mass is 9.52. The molecule has 0 amide bonds. The Labute approximate surface area is 268 Å². The standard InChI is InChI=1S/C38H43NO3S2/c1-36(2)21-37(3,4)23-38(22-36)31-17-26(44(6)41)11-12-27(31)35-30-19-34(43-5)28(18-29(30)33(40)20-32(35)38)24-7-9-25(10-8-24)39-13-15-42-16-14-39/h7-12,17-20,40H,13-16,21-23H2,1-6H3. The summed E-state index contributed by atoms with van der Waals surface area (Å²) in [6.07, 6.45) is 7.05. The minimum atomic E-state index is -1.07. The molecule has 0 bridgehead atoms. The predicted molar refractivity (Wildman–Crippen MR) is 186 cm³/mol. The maximum atomic E-state index is 12.7. The van der Waals surface area contributed by atoms with Crippen LogP contribution in [-0.2, 0) is 21.0 Å². The van der Waals surface area contributed by atoms with Crippen molar-refractivity contribution in [3.63, 3.8) is 0 Å². The van der Waals surface area contributed by atoms with Gasteiger partial charge in [0, 0.05) is 56.4 Å². The fourth-order valence-electron chi connectivity index (χ4n) is 9.12. The highest BCUT2D eigenvalue weighted by Crippen LogP contribution is 2.65. The summed E-state index contributed by atoms with van der Waals surface area (Å²) in [4.78, 5) is 4.44. The van der Waals surface area contributed by atoms with Crippen LogP contribution >= 0.6 is 11.8 Å². The van der Waals surface area contributed by atoms with E-state index in [0.717, 1.165) is 72.4 Å². The van der Waals surface area contributed by atoms with Crippen LogP contribution in [0.4, 0.5) is 5.69 Å². The lowest BCUT2D eigenvalue weighted by Gasteiger charge is -2.51. The number of thioether (sulfide) groups is 1. The van der Waals surface area contributed by atoms with Gasteiger partial charge in [-0.3, -0.25) is 4.21 Å². The zero-order valence-electron chi connectivity index (χ0n) is 26.8. The first-order valence-corrected chi connectivity index (χ1v) is 18.5. The third-order valence-electron chi connectivity index (χ3n) is 10.1. The number of phenols is 1. The Morgan fingerprint density at radius 2 is 1.50 bits per heavy atom. The molecule has 1 saturated carbocycles. The van der Waals surface area contributed by atoms with E-state index >= 15 is 0 Å². The van der Waals surface area contributed by atoms with Crippen LogP contribution in [0.2, 0.25) is 0 Å². The Balaban J connectivity index is 1.44. The average Bonchev–Trinajstić information content (AvgIpc) is 3.22. The minimum Gasteiger partial charge on any atom is -0.507 e. The minimum absolute atomic E-state index is 0.119. The van der Waals surface area contributed by atoms with Gasteiger partial charge in [0.15, 0.2) is 0 Å². The molecule has 0 radical (unpaired) electrons. The molecule has 1 unspecified atom stereocenters. The van der Waals surface area contributed by atoms with Gasteiger partial charge in [-0.25, -0.2) is 0 Å². The number of fused-ring (bicyclic) bond motifs is 7. The molecule has 2 fully saturated rings. The number of nitrogens with zero attached hydrogens (tertiary/aromatic N) is 1. The van der Waals surface area contributed by atoms with Crippen LogP contribution in [0.15, 0.2) is 70.5 Å². The number of hydrogen-bond acceptors (Lipinski definition) is 5. The average molecular weight is 626 g/mol. The highest BCUT2D eigenvalue weighted by Gasteiger charge is 2.54. The zero-order chi connectivity index (χ0) is 31.0. The van der Waals surface area contributed by atoms with E-state index in [1.54, 1.807) is 18.0 Å². The lowest BCUT2D eigenvalue weighted by Crippen LogP contribution is -2.44. The van der Waals surface area contributed by atoms with E-state index in [-0.39, 0.29) is 16.2 Å². The van der Waals surface area contributed by atoms with Crippen molar-refractivity contribution < 1.29 is 14.1 Å². The van der Waals surface area contributed by atoms with Gasteiger partial charge in [0.05, 0.1) is 13.2 Å². The second-order valence-electron chi connectivity index (χ2n) is 14.7. The molecule has 6 heteroatoms. The molecule has 7 rings (SSSR count). The Kier molecular flexibility index (Phi) is 7.23. The van der Waals surface area contributed by atoms with Crippen LogP contribution in [0.3, 0.4) is 0 Å². The Hall–Kier alpha value is -2.80. The summed E-state index contributed by atoms with van der Waals surface area (Å²) in [6.45, 7) is 12.9. The molecule has 4 aromatic rings. The Bertz CT molecular complexity index is 1790. The van der Waals surface area contributed by atoms with Crippen LogP contribution < -0.4 is 4.90 Å². The SMILES string of the molecule is CSc1cc2c3c(cc(O)c2cc1-c1ccc(N2CCOCC2)cc1)C1(CC(C)(C)CC(C)(C)C1)c1cc(S(C)=O)ccc1-3. The van der Waals surface area contributed by atoms with Crippen molar-refractivity contribution in [2.45, 2.75) is 62.2 Å². The first-order valence-electron chi connectivity index (χ1n) is 15.7. The number of aromatic hydroxyl groups is 1. The molecule has 3 aliphatic rings. The predicted octanol–water partition coefficient (Wildman–Crippen LogP) is 9.01. The van der Waals surface area contributed by atoms with Gasteiger partial charge < -0.3 is 14.7 Å². The van der Waals surface area contributed by atoms with E-state index in [4.69, 9.17) is 4.74 Å². The summed E-state index contributed by atoms with van der Waals surface area (Å²) >= 11 is 1.75. The molecular weight excluding hydrogens is 583 g/mol. The molecule has 1 heterocycles. The monoisotopic (exact) mass is 625 g/mol. The molecule has 4 nitrogen and oxygen atoms in total. The second kappa shape index (κ2) is 10.6. The topological polar surface area (TPSA) is 49.8 Å². The number of anilines is 1. The van der Waals surface area contributed by atoms with Gasteiger partial charge in [-0.15, -0.1) is 11.8 Å². The largest absolute Gasteiger partial charge is 0.507 e. The Morgan fingerprint density at radius 3 is 2.14 bits per heavy atom. The molecule has 1 N–H and O–H groups in total. The van der Waals surface area contributed by atoms with Crippen molar-refractivity contribution >= 4 is 39.0 Å². The van der Waals surface area contributed by atoms with Crippen LogP contribution in [0.5, 0.6) is 5.75 Å². The maximum Gasteiger partial charge on any atom is 0.123 e. The number of phenolic OH excluding ortho intramolecular Hbond substituents is 1. The van der Waals surface area contributed by atoms with Crippen molar-refractivity contribution in [2.24, 2.45) is 10.8 Å². The zero-order valence-corrected chi connectivity index (χ0v) is 28.4. The lowest BCUT2D eigenvalue weighted by molar-refractivity contribution is 0.0644. The number of benzene rings is 4. The van der Waals surface area contributed by atoms with E-state index in [1.165, 1.54) is 32.8 Å². The molecule has 1 aliphatic heterocycles. The van der Waals surface area contributed by atoms with E-state index in [9.17, 15) is 9.32 Å². The van der Waals surface area contributed by atoms with Gasteiger partial charge in [0.1, 0.15) is 5.75 Å². The van der Waals surface area contributed by atoms with Crippen LogP contribution in [-0.4, -0.2) is 48.1 Å². The molecule has 1 spiro atoms. The summed E-state index contributed by atoms with van der Waals surface area (Å²) in [5.41, 5.74) is 8.47. The quantitative estimate of drug-likeness (QED) is 0.229. The first-order chi connectivity index (χ1) is 20.9. The van der Waals surface area contributed by atoms with Gasteiger partial charge in [0.25, 0.3) is 0 Å².